The number of carbonyl (C=O) groups excluding carboxylic acids is 2. The molecule has 30 heavy (non-hydrogen) atoms. The molecule has 1 amide bonds. The molecule has 4 rings (SSSR count). The summed E-state index contributed by atoms with van der Waals surface area (Å²) in [6.07, 6.45) is 2.22. The number of benzene rings is 2. The zero-order valence-corrected chi connectivity index (χ0v) is 16.5. The van der Waals surface area contributed by atoms with E-state index in [9.17, 15) is 9.59 Å². The van der Waals surface area contributed by atoms with Gasteiger partial charge in [-0.15, -0.1) is 0 Å². The fourth-order valence-electron chi connectivity index (χ4n) is 3.59. The van der Waals surface area contributed by atoms with Crippen molar-refractivity contribution in [3.05, 3.63) is 78.0 Å². The van der Waals surface area contributed by atoms with Crippen LogP contribution in [0.2, 0.25) is 0 Å². The zero-order chi connectivity index (χ0) is 21.0. The van der Waals surface area contributed by atoms with E-state index in [4.69, 9.17) is 9.57 Å². The van der Waals surface area contributed by atoms with E-state index in [2.05, 4.69) is 15.5 Å². The first-order valence-electron chi connectivity index (χ1n) is 9.59. The molecule has 3 aromatic rings. The van der Waals surface area contributed by atoms with Crippen molar-refractivity contribution in [2.75, 3.05) is 13.7 Å². The lowest BCUT2D eigenvalue weighted by atomic mass is 9.89. The molecule has 0 saturated heterocycles. The van der Waals surface area contributed by atoms with Crippen LogP contribution in [0.15, 0.2) is 72.0 Å². The lowest BCUT2D eigenvalue weighted by molar-refractivity contribution is -0.166. The molecule has 2 heterocycles. The molecule has 1 aliphatic heterocycles. The van der Waals surface area contributed by atoms with Gasteiger partial charge in [-0.25, -0.2) is 4.79 Å². The van der Waals surface area contributed by atoms with Crippen molar-refractivity contribution >= 4 is 28.5 Å². The third-order valence-corrected chi connectivity index (χ3v) is 5.06. The van der Waals surface area contributed by atoms with Gasteiger partial charge in [-0.3, -0.25) is 9.78 Å². The number of ether oxygens (including phenoxy) is 1. The Bertz CT molecular complexity index is 1110. The van der Waals surface area contributed by atoms with E-state index < -0.39 is 11.6 Å². The second-order valence-electron chi connectivity index (χ2n) is 7.14. The number of pyridine rings is 1. The van der Waals surface area contributed by atoms with Crippen molar-refractivity contribution in [3.63, 3.8) is 0 Å². The van der Waals surface area contributed by atoms with Gasteiger partial charge in [0.05, 0.1) is 30.4 Å². The van der Waals surface area contributed by atoms with Gasteiger partial charge in [-0.2, -0.15) is 0 Å². The first kappa shape index (κ1) is 19.6. The maximum atomic E-state index is 12.7. The van der Waals surface area contributed by atoms with Gasteiger partial charge in [0.15, 0.2) is 0 Å². The van der Waals surface area contributed by atoms with E-state index in [1.165, 1.54) is 7.11 Å². The predicted octanol–water partition coefficient (Wildman–Crippen LogP) is 2.90. The summed E-state index contributed by atoms with van der Waals surface area (Å²) in [6, 6.07) is 18.7. The fraction of sp³-hybridized carbons (Fsp3) is 0.217. The molecule has 7 nitrogen and oxygen atoms in total. The number of nitrogens with zero attached hydrogens (tertiary/aromatic N) is 2. The van der Waals surface area contributed by atoms with Crippen LogP contribution in [0.3, 0.4) is 0 Å². The highest BCUT2D eigenvalue weighted by atomic mass is 16.7. The minimum atomic E-state index is -1.23. The summed E-state index contributed by atoms with van der Waals surface area (Å²) in [4.78, 5) is 35.1. The van der Waals surface area contributed by atoms with Gasteiger partial charge in [-0.1, -0.05) is 53.7 Å². The minimum Gasteiger partial charge on any atom is -0.466 e. The topological polar surface area (TPSA) is 89.9 Å². The molecule has 0 fully saturated rings. The maximum absolute atomic E-state index is 12.7. The van der Waals surface area contributed by atoms with Crippen LogP contribution in [0.25, 0.3) is 10.9 Å². The summed E-state index contributed by atoms with van der Waals surface area (Å²) in [5, 5.41) is 7.81. The van der Waals surface area contributed by atoms with E-state index in [0.29, 0.717) is 23.2 Å². The van der Waals surface area contributed by atoms with Crippen LogP contribution in [0, 0.1) is 0 Å². The van der Waals surface area contributed by atoms with Gasteiger partial charge in [0.1, 0.15) is 0 Å². The molecule has 152 valence electrons. The molecule has 0 spiro atoms. The molecule has 0 bridgehead atoms. The van der Waals surface area contributed by atoms with Crippen LogP contribution in [-0.4, -0.2) is 41.8 Å². The molecule has 7 heteroatoms. The molecule has 1 atom stereocenters. The maximum Gasteiger partial charge on any atom is 0.353 e. The van der Waals surface area contributed by atoms with Gasteiger partial charge in [0.25, 0.3) is 5.91 Å². The number of aromatic nitrogens is 1. The van der Waals surface area contributed by atoms with E-state index >= 15 is 0 Å². The van der Waals surface area contributed by atoms with Gasteiger partial charge in [0.2, 0.25) is 5.60 Å². The second-order valence-corrected chi connectivity index (χ2v) is 7.14. The SMILES string of the molecule is COC(=O)C1(Cc2ccccc2)CC(CNC(=O)c2cccc3cccnc23)=NO1. The van der Waals surface area contributed by atoms with E-state index in [0.717, 1.165) is 10.9 Å². The lowest BCUT2D eigenvalue weighted by Gasteiger charge is -2.23. The van der Waals surface area contributed by atoms with Crippen molar-refractivity contribution in [2.24, 2.45) is 5.16 Å². The van der Waals surface area contributed by atoms with E-state index in [1.54, 1.807) is 12.3 Å². The molecular formula is C23H21N3O4. The lowest BCUT2D eigenvalue weighted by Crippen LogP contribution is -2.43. The number of hydrogen-bond acceptors (Lipinski definition) is 6. The number of esters is 1. The third kappa shape index (κ3) is 3.87. The average molecular weight is 403 g/mol. The Hall–Kier alpha value is -3.74. The molecule has 0 radical (unpaired) electrons. The van der Waals surface area contributed by atoms with Crippen LogP contribution in [0.5, 0.6) is 0 Å². The Morgan fingerprint density at radius 1 is 1.10 bits per heavy atom. The Kier molecular flexibility index (Phi) is 5.43. The molecule has 1 unspecified atom stereocenters. The number of fused-ring (bicyclic) bond motifs is 1. The normalized spacial score (nSPS) is 17.8. The van der Waals surface area contributed by atoms with Crippen LogP contribution >= 0.6 is 0 Å². The molecule has 0 saturated carbocycles. The predicted molar refractivity (Wildman–Crippen MR) is 112 cm³/mol. The van der Waals surface area contributed by atoms with E-state index in [1.807, 2.05) is 54.6 Å². The summed E-state index contributed by atoms with van der Waals surface area (Å²) in [5.74, 6) is -0.754. The van der Waals surface area contributed by atoms with Crippen LogP contribution in [0.1, 0.15) is 22.3 Å². The number of amides is 1. The summed E-state index contributed by atoms with van der Waals surface area (Å²) in [6.45, 7) is 0.162. The van der Waals surface area contributed by atoms with E-state index in [-0.39, 0.29) is 18.9 Å². The number of rotatable bonds is 6. The van der Waals surface area contributed by atoms with Gasteiger partial charge >= 0.3 is 5.97 Å². The van der Waals surface area contributed by atoms with Crippen LogP contribution < -0.4 is 5.32 Å². The molecule has 0 aliphatic carbocycles. The number of nitrogens with one attached hydrogen (secondary N) is 1. The van der Waals surface area contributed by atoms with Crippen LogP contribution in [-0.2, 0) is 20.8 Å². The number of oxime groups is 1. The molecule has 1 aliphatic rings. The number of carbonyl (C=O) groups is 2. The molecule has 1 N–H and O–H groups in total. The highest BCUT2D eigenvalue weighted by Gasteiger charge is 2.47. The van der Waals surface area contributed by atoms with Crippen LogP contribution in [0.4, 0.5) is 0 Å². The first-order chi connectivity index (χ1) is 14.6. The molecule has 1 aromatic heterocycles. The van der Waals surface area contributed by atoms with Crippen molar-refractivity contribution in [3.8, 4) is 0 Å². The minimum absolute atomic E-state index is 0.162. The largest absolute Gasteiger partial charge is 0.466 e. The quantitative estimate of drug-likeness (QED) is 0.639. The summed E-state index contributed by atoms with van der Waals surface area (Å²) < 4.78 is 4.97. The Morgan fingerprint density at radius 2 is 1.90 bits per heavy atom. The standard InChI is InChI=1S/C23H21N3O4/c1-29-22(28)23(13-16-7-3-2-4-8-16)14-18(26-30-23)15-25-21(27)19-11-5-9-17-10-6-12-24-20(17)19/h2-12H,13-15H2,1H3,(H,25,27). The summed E-state index contributed by atoms with van der Waals surface area (Å²) in [5.41, 5.74) is 1.39. The Balaban J connectivity index is 1.45. The molecule has 2 aromatic carbocycles. The van der Waals surface area contributed by atoms with Crippen molar-refractivity contribution < 1.29 is 19.2 Å². The summed E-state index contributed by atoms with van der Waals surface area (Å²) in [7, 11) is 1.33. The van der Waals surface area contributed by atoms with Gasteiger partial charge < -0.3 is 14.9 Å². The number of methoxy groups -OCH3 is 1. The highest BCUT2D eigenvalue weighted by molar-refractivity contribution is 6.07. The number of para-hydroxylation sites is 1. The van der Waals surface area contributed by atoms with Crippen molar-refractivity contribution in [1.29, 1.82) is 0 Å². The third-order valence-electron chi connectivity index (χ3n) is 5.06. The monoisotopic (exact) mass is 403 g/mol. The average Bonchev–Trinajstić information content (AvgIpc) is 3.21. The molecular weight excluding hydrogens is 382 g/mol. The highest BCUT2D eigenvalue weighted by Crippen LogP contribution is 2.29. The second kappa shape index (κ2) is 8.32. The van der Waals surface area contributed by atoms with Gasteiger partial charge in [0, 0.05) is 24.4 Å². The van der Waals surface area contributed by atoms with Gasteiger partial charge in [-0.05, 0) is 17.7 Å². The first-order valence-corrected chi connectivity index (χ1v) is 9.59. The fourth-order valence-corrected chi connectivity index (χ4v) is 3.59. The zero-order valence-electron chi connectivity index (χ0n) is 16.5. The van der Waals surface area contributed by atoms with Crippen molar-refractivity contribution in [1.82, 2.24) is 10.3 Å². The Labute approximate surface area is 173 Å². The Morgan fingerprint density at radius 3 is 2.70 bits per heavy atom. The summed E-state index contributed by atoms with van der Waals surface area (Å²) >= 11 is 0. The van der Waals surface area contributed by atoms with Crippen molar-refractivity contribution in [2.45, 2.75) is 18.4 Å². The smallest absolute Gasteiger partial charge is 0.353 e. The number of hydrogen-bond donors (Lipinski definition) is 1.